The molecule has 0 bridgehead atoms. The molecule has 32 heavy (non-hydrogen) atoms. The monoisotopic (exact) mass is 436 g/mol. The van der Waals surface area contributed by atoms with Gasteiger partial charge in [0.25, 0.3) is 11.8 Å². The van der Waals surface area contributed by atoms with Crippen LogP contribution in [0.15, 0.2) is 54.2 Å². The normalized spacial score (nSPS) is 16.9. The standard InChI is InChI=1S/C25H28N2O5/c1-17(2)32-20-10-8-18(9-11-20)22-23(26-12-14-31-15-13-26)25(29)27(24(22)28)16-19-6-4-5-7-21(19)30-3/h4-11,17H,12-16H2,1-3H3. The fourth-order valence-electron chi connectivity index (χ4n) is 4.02. The third kappa shape index (κ3) is 4.34. The fourth-order valence-corrected chi connectivity index (χ4v) is 4.02. The number of morpholine rings is 1. The number of carbonyl (C=O) groups is 2. The number of benzene rings is 2. The third-order valence-electron chi connectivity index (χ3n) is 5.51. The first kappa shape index (κ1) is 21.9. The van der Waals surface area contributed by atoms with Crippen molar-refractivity contribution >= 4 is 17.4 Å². The van der Waals surface area contributed by atoms with E-state index < -0.39 is 0 Å². The number of hydrogen-bond donors (Lipinski definition) is 0. The maximum Gasteiger partial charge on any atom is 0.278 e. The minimum atomic E-state index is -0.306. The summed E-state index contributed by atoms with van der Waals surface area (Å²) in [6, 6.07) is 14.8. The Kier molecular flexibility index (Phi) is 6.46. The summed E-state index contributed by atoms with van der Waals surface area (Å²) in [6.45, 7) is 6.24. The van der Waals surface area contributed by atoms with E-state index in [9.17, 15) is 9.59 Å². The molecule has 168 valence electrons. The van der Waals surface area contributed by atoms with Crippen LogP contribution in [-0.2, 0) is 20.9 Å². The Morgan fingerprint density at radius 1 is 0.969 bits per heavy atom. The highest BCUT2D eigenvalue weighted by atomic mass is 16.5. The van der Waals surface area contributed by atoms with Gasteiger partial charge in [0.05, 0.1) is 38.5 Å². The van der Waals surface area contributed by atoms with E-state index >= 15 is 0 Å². The maximum atomic E-state index is 13.6. The summed E-state index contributed by atoms with van der Waals surface area (Å²) < 4.78 is 16.6. The lowest BCUT2D eigenvalue weighted by atomic mass is 10.0. The molecule has 2 aromatic rings. The largest absolute Gasteiger partial charge is 0.496 e. The molecule has 0 aliphatic carbocycles. The van der Waals surface area contributed by atoms with Crippen LogP contribution < -0.4 is 9.47 Å². The van der Waals surface area contributed by atoms with Crippen LogP contribution in [0.3, 0.4) is 0 Å². The number of methoxy groups -OCH3 is 1. The van der Waals surface area contributed by atoms with Crippen molar-refractivity contribution in [2.75, 3.05) is 33.4 Å². The molecule has 2 aromatic carbocycles. The van der Waals surface area contributed by atoms with Crippen molar-refractivity contribution in [3.8, 4) is 11.5 Å². The number of para-hydroxylation sites is 1. The van der Waals surface area contributed by atoms with Gasteiger partial charge in [0, 0.05) is 18.7 Å². The smallest absolute Gasteiger partial charge is 0.278 e. The third-order valence-corrected chi connectivity index (χ3v) is 5.51. The van der Waals surface area contributed by atoms with E-state index in [1.165, 1.54) is 4.90 Å². The molecule has 0 atom stereocenters. The van der Waals surface area contributed by atoms with Gasteiger partial charge in [-0.3, -0.25) is 14.5 Å². The average molecular weight is 437 g/mol. The van der Waals surface area contributed by atoms with Crippen molar-refractivity contribution in [2.45, 2.75) is 26.5 Å². The minimum absolute atomic E-state index is 0.0509. The Labute approximate surface area is 188 Å². The first-order valence-electron chi connectivity index (χ1n) is 10.8. The highest BCUT2D eigenvalue weighted by Gasteiger charge is 2.42. The Bertz CT molecular complexity index is 1020. The summed E-state index contributed by atoms with van der Waals surface area (Å²) >= 11 is 0. The molecule has 2 amide bonds. The minimum Gasteiger partial charge on any atom is -0.496 e. The molecule has 2 aliphatic rings. The quantitative estimate of drug-likeness (QED) is 0.622. The van der Waals surface area contributed by atoms with Gasteiger partial charge >= 0.3 is 0 Å². The van der Waals surface area contributed by atoms with Gasteiger partial charge in [-0.05, 0) is 37.6 Å². The highest BCUT2D eigenvalue weighted by molar-refractivity contribution is 6.35. The molecular weight excluding hydrogens is 408 g/mol. The van der Waals surface area contributed by atoms with E-state index in [4.69, 9.17) is 14.2 Å². The number of ether oxygens (including phenoxy) is 3. The molecule has 2 aliphatic heterocycles. The van der Waals surface area contributed by atoms with E-state index in [1.807, 2.05) is 67.3 Å². The molecule has 2 heterocycles. The molecule has 1 fully saturated rings. The molecule has 7 heteroatoms. The summed E-state index contributed by atoms with van der Waals surface area (Å²) in [5.74, 6) is 0.768. The van der Waals surface area contributed by atoms with Crippen LogP contribution in [-0.4, -0.2) is 61.1 Å². The second-order valence-corrected chi connectivity index (χ2v) is 8.02. The molecule has 0 aromatic heterocycles. The first-order valence-corrected chi connectivity index (χ1v) is 10.8. The number of hydrogen-bond acceptors (Lipinski definition) is 6. The van der Waals surface area contributed by atoms with Crippen LogP contribution in [0.1, 0.15) is 25.0 Å². The number of amides is 2. The zero-order valence-electron chi connectivity index (χ0n) is 18.7. The van der Waals surface area contributed by atoms with Crippen molar-refractivity contribution in [3.05, 3.63) is 65.4 Å². The Hall–Kier alpha value is -3.32. The van der Waals surface area contributed by atoms with Crippen LogP contribution >= 0.6 is 0 Å². The van der Waals surface area contributed by atoms with E-state index in [0.717, 1.165) is 11.3 Å². The van der Waals surface area contributed by atoms with E-state index in [-0.39, 0.29) is 24.5 Å². The van der Waals surface area contributed by atoms with Crippen LogP contribution in [0.4, 0.5) is 0 Å². The summed E-state index contributed by atoms with van der Waals surface area (Å²) in [5.41, 5.74) is 2.33. The number of rotatable bonds is 7. The molecule has 7 nitrogen and oxygen atoms in total. The van der Waals surface area contributed by atoms with Crippen molar-refractivity contribution in [3.63, 3.8) is 0 Å². The van der Waals surface area contributed by atoms with Gasteiger partial charge in [-0.2, -0.15) is 0 Å². The summed E-state index contributed by atoms with van der Waals surface area (Å²) in [5, 5.41) is 0. The summed E-state index contributed by atoms with van der Waals surface area (Å²) in [6.07, 6.45) is 0.0509. The lowest BCUT2D eigenvalue weighted by Gasteiger charge is -2.29. The van der Waals surface area contributed by atoms with Crippen LogP contribution in [0.2, 0.25) is 0 Å². The van der Waals surface area contributed by atoms with Crippen molar-refractivity contribution in [1.82, 2.24) is 9.80 Å². The Morgan fingerprint density at radius 3 is 2.31 bits per heavy atom. The van der Waals surface area contributed by atoms with Gasteiger partial charge in [0.15, 0.2) is 0 Å². The molecule has 4 rings (SSSR count). The fraction of sp³-hybridized carbons (Fsp3) is 0.360. The maximum absolute atomic E-state index is 13.6. The lowest BCUT2D eigenvalue weighted by molar-refractivity contribution is -0.138. The second kappa shape index (κ2) is 9.44. The number of nitrogens with zero attached hydrogens (tertiary/aromatic N) is 2. The average Bonchev–Trinajstić information content (AvgIpc) is 3.05. The SMILES string of the molecule is COc1ccccc1CN1C(=O)C(c2ccc(OC(C)C)cc2)=C(N2CCOCC2)C1=O. The number of imide groups is 1. The molecule has 0 N–H and O–H groups in total. The lowest BCUT2D eigenvalue weighted by Crippen LogP contribution is -2.40. The molecule has 0 unspecified atom stereocenters. The van der Waals surface area contributed by atoms with Gasteiger partial charge in [-0.25, -0.2) is 0 Å². The second-order valence-electron chi connectivity index (χ2n) is 8.02. The molecule has 0 spiro atoms. The molecule has 1 saturated heterocycles. The predicted molar refractivity (Wildman–Crippen MR) is 120 cm³/mol. The van der Waals surface area contributed by atoms with E-state index in [0.29, 0.717) is 48.9 Å². The van der Waals surface area contributed by atoms with Gasteiger partial charge in [0.1, 0.15) is 17.2 Å². The van der Waals surface area contributed by atoms with Crippen molar-refractivity contribution in [2.24, 2.45) is 0 Å². The van der Waals surface area contributed by atoms with Gasteiger partial charge in [-0.1, -0.05) is 30.3 Å². The van der Waals surface area contributed by atoms with Crippen LogP contribution in [0.5, 0.6) is 11.5 Å². The van der Waals surface area contributed by atoms with Gasteiger partial charge < -0.3 is 19.1 Å². The van der Waals surface area contributed by atoms with Gasteiger partial charge in [-0.15, -0.1) is 0 Å². The summed E-state index contributed by atoms with van der Waals surface area (Å²) in [7, 11) is 1.58. The molecule has 0 radical (unpaired) electrons. The van der Waals surface area contributed by atoms with Crippen molar-refractivity contribution in [1.29, 1.82) is 0 Å². The zero-order chi connectivity index (χ0) is 22.7. The first-order chi connectivity index (χ1) is 15.5. The topological polar surface area (TPSA) is 68.3 Å². The van der Waals surface area contributed by atoms with Crippen LogP contribution in [0.25, 0.3) is 5.57 Å². The number of carbonyl (C=O) groups excluding carboxylic acids is 2. The zero-order valence-corrected chi connectivity index (χ0v) is 18.7. The summed E-state index contributed by atoms with van der Waals surface area (Å²) in [4.78, 5) is 30.3. The van der Waals surface area contributed by atoms with E-state index in [2.05, 4.69) is 0 Å². The van der Waals surface area contributed by atoms with E-state index in [1.54, 1.807) is 7.11 Å². The van der Waals surface area contributed by atoms with Crippen molar-refractivity contribution < 1.29 is 23.8 Å². The highest BCUT2D eigenvalue weighted by Crippen LogP contribution is 2.34. The molecule has 0 saturated carbocycles. The Morgan fingerprint density at radius 2 is 1.66 bits per heavy atom. The van der Waals surface area contributed by atoms with Crippen LogP contribution in [0, 0.1) is 0 Å². The molecular formula is C25H28N2O5. The van der Waals surface area contributed by atoms with Gasteiger partial charge in [0.2, 0.25) is 0 Å². The predicted octanol–water partition coefficient (Wildman–Crippen LogP) is 3.09. The Balaban J connectivity index is 1.70.